The molecule has 2 aromatic rings. The third-order valence-corrected chi connectivity index (χ3v) is 5.10. The van der Waals surface area contributed by atoms with Crippen LogP contribution in [0.15, 0.2) is 48.5 Å². The van der Waals surface area contributed by atoms with Crippen molar-refractivity contribution in [1.82, 2.24) is 10.6 Å². The molecule has 1 aliphatic rings. The molecule has 28 heavy (non-hydrogen) atoms. The molecule has 0 heterocycles. The molecule has 3 N–H and O–H groups in total. The van der Waals surface area contributed by atoms with Crippen molar-refractivity contribution in [2.75, 3.05) is 20.2 Å². The third kappa shape index (κ3) is 4.51. The van der Waals surface area contributed by atoms with Gasteiger partial charge in [0.1, 0.15) is 12.6 Å². The molecule has 6 heteroatoms. The van der Waals surface area contributed by atoms with E-state index in [0.29, 0.717) is 12.8 Å². The smallest absolute Gasteiger partial charge is 0.407 e. The van der Waals surface area contributed by atoms with Gasteiger partial charge in [0.15, 0.2) is 0 Å². The first kappa shape index (κ1) is 19.9. The van der Waals surface area contributed by atoms with Crippen molar-refractivity contribution in [2.24, 2.45) is 0 Å². The standard InChI is InChI=1S/C22H26N2O4/c1-23-13-7-6-12-20(21(25)26)24-22(27)28-14-19-17-10-4-2-8-15(17)16-9-3-5-11-18(16)19/h2-5,8-11,19-20,23H,6-7,12-14H2,1H3,(H,24,27)(H,25,26). The minimum atomic E-state index is -1.04. The molecule has 0 saturated carbocycles. The molecule has 0 aliphatic heterocycles. The molecule has 148 valence electrons. The SMILES string of the molecule is CNCCCCC(NC(=O)OCC1c2ccccc2-c2ccccc21)C(=O)O. The number of hydrogen-bond acceptors (Lipinski definition) is 4. The van der Waals surface area contributed by atoms with E-state index in [4.69, 9.17) is 4.74 Å². The van der Waals surface area contributed by atoms with E-state index in [0.717, 1.165) is 35.2 Å². The van der Waals surface area contributed by atoms with E-state index < -0.39 is 18.1 Å². The molecule has 1 aliphatic carbocycles. The molecule has 0 aromatic heterocycles. The van der Waals surface area contributed by atoms with Crippen LogP contribution in [-0.2, 0) is 9.53 Å². The van der Waals surface area contributed by atoms with E-state index in [2.05, 4.69) is 22.8 Å². The Bertz CT molecular complexity index is 791. The Balaban J connectivity index is 1.60. The van der Waals surface area contributed by atoms with Gasteiger partial charge >= 0.3 is 12.1 Å². The van der Waals surface area contributed by atoms with E-state index in [9.17, 15) is 14.7 Å². The number of hydrogen-bond donors (Lipinski definition) is 3. The van der Waals surface area contributed by atoms with Crippen LogP contribution in [0.5, 0.6) is 0 Å². The summed E-state index contributed by atoms with van der Waals surface area (Å²) in [7, 11) is 1.85. The van der Waals surface area contributed by atoms with Crippen LogP contribution >= 0.6 is 0 Å². The van der Waals surface area contributed by atoms with Crippen molar-refractivity contribution in [2.45, 2.75) is 31.2 Å². The number of rotatable bonds is 9. The zero-order chi connectivity index (χ0) is 19.9. The number of nitrogens with one attached hydrogen (secondary N) is 2. The van der Waals surface area contributed by atoms with Gasteiger partial charge in [-0.3, -0.25) is 0 Å². The summed E-state index contributed by atoms with van der Waals surface area (Å²) in [5, 5.41) is 14.8. The molecule has 2 aromatic carbocycles. The zero-order valence-corrected chi connectivity index (χ0v) is 16.0. The van der Waals surface area contributed by atoms with Crippen LogP contribution in [0, 0.1) is 0 Å². The van der Waals surface area contributed by atoms with E-state index >= 15 is 0 Å². The maximum atomic E-state index is 12.2. The monoisotopic (exact) mass is 382 g/mol. The van der Waals surface area contributed by atoms with Crippen LogP contribution in [0.1, 0.15) is 36.3 Å². The number of unbranched alkanes of at least 4 members (excludes halogenated alkanes) is 1. The molecule has 0 bridgehead atoms. The van der Waals surface area contributed by atoms with E-state index in [-0.39, 0.29) is 12.5 Å². The van der Waals surface area contributed by atoms with Gasteiger partial charge in [0.05, 0.1) is 0 Å². The Morgan fingerprint density at radius 1 is 1.04 bits per heavy atom. The molecule has 0 fully saturated rings. The fourth-order valence-electron chi connectivity index (χ4n) is 3.69. The lowest BCUT2D eigenvalue weighted by Gasteiger charge is -2.17. The van der Waals surface area contributed by atoms with Crippen LogP contribution in [0.3, 0.4) is 0 Å². The molecular weight excluding hydrogens is 356 g/mol. The van der Waals surface area contributed by atoms with Crippen molar-refractivity contribution < 1.29 is 19.4 Å². The Kier molecular flexibility index (Phi) is 6.66. The predicted molar refractivity (Wildman–Crippen MR) is 107 cm³/mol. The third-order valence-electron chi connectivity index (χ3n) is 5.10. The highest BCUT2D eigenvalue weighted by molar-refractivity contribution is 5.81. The number of amides is 1. The predicted octanol–water partition coefficient (Wildman–Crippen LogP) is 3.37. The Morgan fingerprint density at radius 2 is 1.64 bits per heavy atom. The lowest BCUT2D eigenvalue weighted by molar-refractivity contribution is -0.139. The molecule has 0 saturated heterocycles. The first-order chi connectivity index (χ1) is 13.6. The fourth-order valence-corrected chi connectivity index (χ4v) is 3.69. The second-order valence-electron chi connectivity index (χ2n) is 6.96. The molecule has 1 unspecified atom stereocenters. The summed E-state index contributed by atoms with van der Waals surface area (Å²) in [6.07, 6.45) is 1.25. The van der Waals surface area contributed by atoms with E-state index in [1.165, 1.54) is 0 Å². The lowest BCUT2D eigenvalue weighted by atomic mass is 9.98. The van der Waals surface area contributed by atoms with Gasteiger partial charge in [0.2, 0.25) is 0 Å². The number of carbonyl (C=O) groups excluding carboxylic acids is 1. The average Bonchev–Trinajstić information content (AvgIpc) is 3.02. The maximum absolute atomic E-state index is 12.2. The van der Waals surface area contributed by atoms with Gasteiger partial charge in [-0.2, -0.15) is 0 Å². The molecule has 0 radical (unpaired) electrons. The van der Waals surface area contributed by atoms with Gasteiger partial charge in [-0.15, -0.1) is 0 Å². The van der Waals surface area contributed by atoms with Crippen LogP contribution < -0.4 is 10.6 Å². The summed E-state index contributed by atoms with van der Waals surface area (Å²) in [6, 6.07) is 15.2. The van der Waals surface area contributed by atoms with E-state index in [1.807, 2.05) is 43.4 Å². The van der Waals surface area contributed by atoms with Gasteiger partial charge in [0, 0.05) is 5.92 Å². The van der Waals surface area contributed by atoms with Gasteiger partial charge in [-0.1, -0.05) is 48.5 Å². The maximum Gasteiger partial charge on any atom is 0.407 e. The number of carboxylic acid groups (broad SMARTS) is 1. The van der Waals surface area contributed by atoms with E-state index in [1.54, 1.807) is 0 Å². The van der Waals surface area contributed by atoms with Crippen LogP contribution in [-0.4, -0.2) is 43.4 Å². The van der Waals surface area contributed by atoms with Crippen LogP contribution in [0.2, 0.25) is 0 Å². The Morgan fingerprint density at radius 3 is 2.21 bits per heavy atom. The highest BCUT2D eigenvalue weighted by atomic mass is 16.5. The largest absolute Gasteiger partial charge is 0.480 e. The zero-order valence-electron chi connectivity index (χ0n) is 16.0. The second kappa shape index (κ2) is 9.37. The molecule has 3 rings (SSSR count). The number of benzene rings is 2. The number of carbonyl (C=O) groups is 2. The second-order valence-corrected chi connectivity index (χ2v) is 6.96. The minimum absolute atomic E-state index is 0.0444. The van der Waals surface area contributed by atoms with Crippen molar-refractivity contribution >= 4 is 12.1 Å². The highest BCUT2D eigenvalue weighted by Crippen LogP contribution is 2.44. The Hall–Kier alpha value is -2.86. The summed E-state index contributed by atoms with van der Waals surface area (Å²) in [5.41, 5.74) is 4.55. The molecular formula is C22H26N2O4. The molecule has 1 atom stereocenters. The van der Waals surface area contributed by atoms with Crippen molar-refractivity contribution in [1.29, 1.82) is 0 Å². The lowest BCUT2D eigenvalue weighted by Crippen LogP contribution is -2.41. The topological polar surface area (TPSA) is 87.7 Å². The molecule has 6 nitrogen and oxygen atoms in total. The van der Waals surface area contributed by atoms with Crippen molar-refractivity contribution in [3.63, 3.8) is 0 Å². The van der Waals surface area contributed by atoms with Crippen LogP contribution in [0.4, 0.5) is 4.79 Å². The minimum Gasteiger partial charge on any atom is -0.480 e. The summed E-state index contributed by atoms with van der Waals surface area (Å²) in [6.45, 7) is 0.989. The highest BCUT2D eigenvalue weighted by Gasteiger charge is 2.29. The number of aliphatic carboxylic acids is 1. The normalized spacial score (nSPS) is 13.5. The summed E-state index contributed by atoms with van der Waals surface area (Å²) in [5.74, 6) is -1.09. The number of fused-ring (bicyclic) bond motifs is 3. The quantitative estimate of drug-likeness (QED) is 0.579. The Labute approximate surface area is 164 Å². The number of carboxylic acids is 1. The fraction of sp³-hybridized carbons (Fsp3) is 0.364. The number of alkyl carbamates (subject to hydrolysis) is 1. The van der Waals surface area contributed by atoms with Crippen molar-refractivity contribution in [3.05, 3.63) is 59.7 Å². The average molecular weight is 382 g/mol. The molecule has 1 amide bonds. The van der Waals surface area contributed by atoms with Gasteiger partial charge in [-0.05, 0) is 55.1 Å². The summed E-state index contributed by atoms with van der Waals surface area (Å²) >= 11 is 0. The van der Waals surface area contributed by atoms with Gasteiger partial charge in [0.25, 0.3) is 0 Å². The van der Waals surface area contributed by atoms with Crippen LogP contribution in [0.25, 0.3) is 11.1 Å². The van der Waals surface area contributed by atoms with Gasteiger partial charge < -0.3 is 20.5 Å². The summed E-state index contributed by atoms with van der Waals surface area (Å²) in [4.78, 5) is 23.6. The first-order valence-electron chi connectivity index (χ1n) is 9.60. The number of ether oxygens (including phenoxy) is 1. The van der Waals surface area contributed by atoms with Gasteiger partial charge in [-0.25, -0.2) is 9.59 Å². The first-order valence-corrected chi connectivity index (χ1v) is 9.60. The summed E-state index contributed by atoms with van der Waals surface area (Å²) < 4.78 is 5.42. The van der Waals surface area contributed by atoms with Crippen molar-refractivity contribution in [3.8, 4) is 11.1 Å². The molecule has 0 spiro atoms.